The molecule has 168 valence electrons. The van der Waals surface area contributed by atoms with Crippen molar-refractivity contribution in [3.63, 3.8) is 0 Å². The largest absolute Gasteiger partial charge is 0.493 e. The number of methoxy groups -OCH3 is 2. The van der Waals surface area contributed by atoms with Gasteiger partial charge in [-0.1, -0.05) is 23.9 Å². The van der Waals surface area contributed by atoms with E-state index in [0.717, 1.165) is 11.8 Å². The molecule has 0 fully saturated rings. The van der Waals surface area contributed by atoms with Crippen LogP contribution in [-0.4, -0.2) is 47.5 Å². The second-order valence-electron chi connectivity index (χ2n) is 6.70. The van der Waals surface area contributed by atoms with E-state index in [-0.39, 0.29) is 5.56 Å². The van der Waals surface area contributed by atoms with Crippen molar-refractivity contribution in [2.24, 2.45) is 0 Å². The number of hydrogen-bond donors (Lipinski definition) is 2. The van der Waals surface area contributed by atoms with Crippen LogP contribution in [0.3, 0.4) is 0 Å². The lowest BCUT2D eigenvalue weighted by Crippen LogP contribution is -2.42. The Kier molecular flexibility index (Phi) is 7.37. The molecule has 0 aliphatic heterocycles. The van der Waals surface area contributed by atoms with Crippen LogP contribution < -0.4 is 25.7 Å². The molecule has 32 heavy (non-hydrogen) atoms. The van der Waals surface area contributed by atoms with Crippen molar-refractivity contribution in [1.29, 1.82) is 0 Å². The van der Waals surface area contributed by atoms with E-state index in [4.69, 9.17) is 9.47 Å². The maximum atomic E-state index is 13.4. The summed E-state index contributed by atoms with van der Waals surface area (Å²) in [7, 11) is 3.03. The first-order valence-electron chi connectivity index (χ1n) is 9.89. The lowest BCUT2D eigenvalue weighted by molar-refractivity contribution is -0.119. The number of thioether (sulfide) groups is 1. The molecule has 0 unspecified atom stereocenters. The molecule has 3 aromatic rings. The van der Waals surface area contributed by atoms with Gasteiger partial charge >= 0.3 is 6.03 Å². The number of carbonyl (C=O) groups excluding carboxylic acids is 2. The van der Waals surface area contributed by atoms with Gasteiger partial charge in [0.05, 0.1) is 36.1 Å². The Morgan fingerprint density at radius 1 is 1.12 bits per heavy atom. The van der Waals surface area contributed by atoms with Crippen molar-refractivity contribution < 1.29 is 19.1 Å². The Balaban J connectivity index is 2.09. The van der Waals surface area contributed by atoms with Gasteiger partial charge in [-0.3, -0.25) is 19.5 Å². The van der Waals surface area contributed by atoms with Crippen LogP contribution in [0, 0.1) is 0 Å². The Labute approximate surface area is 189 Å². The summed E-state index contributed by atoms with van der Waals surface area (Å²) in [6, 6.07) is 11.5. The second kappa shape index (κ2) is 10.2. The molecule has 2 N–H and O–H groups in total. The summed E-state index contributed by atoms with van der Waals surface area (Å²) >= 11 is 1.07. The predicted molar refractivity (Wildman–Crippen MR) is 123 cm³/mol. The molecule has 0 aliphatic rings. The highest BCUT2D eigenvalue weighted by molar-refractivity contribution is 8.00. The number of amides is 3. The van der Waals surface area contributed by atoms with E-state index in [1.54, 1.807) is 56.3 Å². The van der Waals surface area contributed by atoms with Gasteiger partial charge in [0.2, 0.25) is 5.91 Å². The maximum absolute atomic E-state index is 13.4. The molecule has 1 atom stereocenters. The number of aromatic nitrogens is 2. The standard InChI is InChI=1S/C22H24N4O5S/c1-5-23-21(29)25-19(27)13(2)32-22-24-16-9-7-6-8-15(16)20(28)26(22)14-10-11-17(30-3)18(12-14)31-4/h6-13H,5H2,1-4H3,(H2,23,25,27,29)/t13-/m0/s1. The molecule has 0 saturated carbocycles. The summed E-state index contributed by atoms with van der Waals surface area (Å²) in [5, 5.41) is 4.84. The molecule has 9 nitrogen and oxygen atoms in total. The summed E-state index contributed by atoms with van der Waals surface area (Å²) in [6.45, 7) is 3.79. The van der Waals surface area contributed by atoms with Crippen LogP contribution in [-0.2, 0) is 4.79 Å². The van der Waals surface area contributed by atoms with E-state index in [0.29, 0.717) is 39.8 Å². The lowest BCUT2D eigenvalue weighted by Gasteiger charge is -2.17. The van der Waals surface area contributed by atoms with Crippen molar-refractivity contribution in [3.8, 4) is 17.2 Å². The molecule has 0 aliphatic carbocycles. The highest BCUT2D eigenvalue weighted by Crippen LogP contribution is 2.31. The van der Waals surface area contributed by atoms with Crippen molar-refractivity contribution in [2.45, 2.75) is 24.3 Å². The minimum absolute atomic E-state index is 0.290. The number of benzene rings is 2. The molecule has 3 amide bonds. The second-order valence-corrected chi connectivity index (χ2v) is 8.01. The zero-order chi connectivity index (χ0) is 23.3. The molecule has 0 saturated heterocycles. The first-order chi connectivity index (χ1) is 15.4. The number of carbonyl (C=O) groups is 2. The van der Waals surface area contributed by atoms with Crippen LogP contribution in [0.1, 0.15) is 13.8 Å². The van der Waals surface area contributed by atoms with E-state index in [2.05, 4.69) is 15.6 Å². The number of ether oxygens (including phenoxy) is 2. The van der Waals surface area contributed by atoms with E-state index in [9.17, 15) is 14.4 Å². The minimum Gasteiger partial charge on any atom is -0.493 e. The highest BCUT2D eigenvalue weighted by Gasteiger charge is 2.22. The van der Waals surface area contributed by atoms with Gasteiger partial charge in [0.25, 0.3) is 5.56 Å². The summed E-state index contributed by atoms with van der Waals surface area (Å²) < 4.78 is 12.1. The summed E-state index contributed by atoms with van der Waals surface area (Å²) in [5.41, 5.74) is 0.722. The Morgan fingerprint density at radius 3 is 2.53 bits per heavy atom. The zero-order valence-electron chi connectivity index (χ0n) is 18.2. The van der Waals surface area contributed by atoms with Crippen molar-refractivity contribution in [1.82, 2.24) is 20.2 Å². The molecule has 0 bridgehead atoms. The van der Waals surface area contributed by atoms with Crippen molar-refractivity contribution in [3.05, 3.63) is 52.8 Å². The fraction of sp³-hybridized carbons (Fsp3) is 0.273. The van der Waals surface area contributed by atoms with Crippen LogP contribution in [0.5, 0.6) is 11.5 Å². The fourth-order valence-electron chi connectivity index (χ4n) is 3.01. The molecule has 10 heteroatoms. The van der Waals surface area contributed by atoms with Gasteiger partial charge in [0.1, 0.15) is 0 Å². The third kappa shape index (κ3) is 4.86. The number of para-hydroxylation sites is 1. The number of nitrogens with zero attached hydrogens (tertiary/aromatic N) is 2. The number of hydrogen-bond acceptors (Lipinski definition) is 7. The van der Waals surface area contributed by atoms with Gasteiger partial charge in [-0.15, -0.1) is 0 Å². The van der Waals surface area contributed by atoms with Crippen LogP contribution in [0.4, 0.5) is 4.79 Å². The number of rotatable bonds is 7. The quantitative estimate of drug-likeness (QED) is 0.415. The first kappa shape index (κ1) is 23.1. The number of nitrogens with one attached hydrogen (secondary N) is 2. The van der Waals surface area contributed by atoms with Gasteiger partial charge in [-0.2, -0.15) is 0 Å². The van der Waals surface area contributed by atoms with Gasteiger partial charge < -0.3 is 14.8 Å². The topological polar surface area (TPSA) is 112 Å². The lowest BCUT2D eigenvalue weighted by atomic mass is 10.2. The van der Waals surface area contributed by atoms with E-state index < -0.39 is 17.2 Å². The maximum Gasteiger partial charge on any atom is 0.321 e. The summed E-state index contributed by atoms with van der Waals surface area (Å²) in [6.07, 6.45) is 0. The predicted octanol–water partition coefficient (Wildman–Crippen LogP) is 2.73. The van der Waals surface area contributed by atoms with E-state index >= 15 is 0 Å². The Bertz CT molecular complexity index is 1210. The number of fused-ring (bicyclic) bond motifs is 1. The number of imide groups is 1. The van der Waals surface area contributed by atoms with Crippen molar-refractivity contribution in [2.75, 3.05) is 20.8 Å². The molecular weight excluding hydrogens is 432 g/mol. The monoisotopic (exact) mass is 456 g/mol. The molecule has 1 aromatic heterocycles. The molecule has 3 rings (SSSR count). The van der Waals surface area contributed by atoms with Crippen LogP contribution in [0.15, 0.2) is 52.4 Å². The Morgan fingerprint density at radius 2 is 1.84 bits per heavy atom. The van der Waals surface area contributed by atoms with Gasteiger partial charge in [-0.05, 0) is 38.1 Å². The third-order valence-electron chi connectivity index (χ3n) is 4.60. The third-order valence-corrected chi connectivity index (χ3v) is 5.65. The molecular formula is C22H24N4O5S. The van der Waals surface area contributed by atoms with E-state index in [1.165, 1.54) is 18.8 Å². The molecule has 0 spiro atoms. The Hall–Kier alpha value is -3.53. The van der Waals surface area contributed by atoms with Crippen LogP contribution in [0.2, 0.25) is 0 Å². The molecule has 0 radical (unpaired) electrons. The summed E-state index contributed by atoms with van der Waals surface area (Å²) in [4.78, 5) is 42.2. The fourth-order valence-corrected chi connectivity index (χ4v) is 3.94. The smallest absolute Gasteiger partial charge is 0.321 e. The highest BCUT2D eigenvalue weighted by atomic mass is 32.2. The van der Waals surface area contributed by atoms with Gasteiger partial charge in [0, 0.05) is 12.6 Å². The van der Waals surface area contributed by atoms with Crippen LogP contribution in [0.25, 0.3) is 16.6 Å². The zero-order valence-corrected chi connectivity index (χ0v) is 19.0. The first-order valence-corrected chi connectivity index (χ1v) is 10.8. The normalized spacial score (nSPS) is 11.6. The average molecular weight is 457 g/mol. The van der Waals surface area contributed by atoms with E-state index in [1.807, 2.05) is 0 Å². The molecule has 1 heterocycles. The number of urea groups is 1. The SMILES string of the molecule is CCNC(=O)NC(=O)[C@H](C)Sc1nc2ccccc2c(=O)n1-c1ccc(OC)c(OC)c1. The molecule has 2 aromatic carbocycles. The van der Waals surface area contributed by atoms with Gasteiger partial charge in [0.15, 0.2) is 16.7 Å². The summed E-state index contributed by atoms with van der Waals surface area (Å²) in [5.74, 6) is 0.465. The average Bonchev–Trinajstić information content (AvgIpc) is 2.79. The van der Waals surface area contributed by atoms with Gasteiger partial charge in [-0.25, -0.2) is 9.78 Å². The van der Waals surface area contributed by atoms with Crippen molar-refractivity contribution >= 4 is 34.6 Å². The minimum atomic E-state index is -0.697. The van der Waals surface area contributed by atoms with Crippen LogP contribution >= 0.6 is 11.8 Å².